The Morgan fingerprint density at radius 2 is 1.86 bits per heavy atom. The first kappa shape index (κ1) is 13.4. The molecule has 0 saturated heterocycles. The summed E-state index contributed by atoms with van der Waals surface area (Å²) in [5.41, 5.74) is 5.97. The van der Waals surface area contributed by atoms with Crippen LogP contribution >= 0.6 is 0 Å². The van der Waals surface area contributed by atoms with Gasteiger partial charge in [0.15, 0.2) is 12.2 Å². The number of hydrogen-bond donors (Lipinski definition) is 1. The zero-order chi connectivity index (χ0) is 14.7. The Balaban J connectivity index is 1.75. The van der Waals surface area contributed by atoms with Gasteiger partial charge in [0.2, 0.25) is 0 Å². The highest BCUT2D eigenvalue weighted by atomic mass is 16.3. The van der Waals surface area contributed by atoms with Crippen molar-refractivity contribution in [3.05, 3.63) is 71.7 Å². The summed E-state index contributed by atoms with van der Waals surface area (Å²) in [4.78, 5) is 3.95. The van der Waals surface area contributed by atoms with Crippen LogP contribution in [0.5, 0.6) is 0 Å². The molecule has 3 rings (SSSR count). The van der Waals surface area contributed by atoms with Gasteiger partial charge in [-0.05, 0) is 31.5 Å². The molecule has 2 aromatic carbocycles. The van der Waals surface area contributed by atoms with Gasteiger partial charge in [-0.25, -0.2) is 4.98 Å². The summed E-state index contributed by atoms with van der Waals surface area (Å²) in [6.45, 7) is 5.06. The molecule has 1 heterocycles. The Bertz CT molecular complexity index is 712. The van der Waals surface area contributed by atoms with Crippen molar-refractivity contribution in [2.75, 3.05) is 5.32 Å². The fraction of sp³-hybridized carbons (Fsp3) is 0.167. The molecule has 0 radical (unpaired) electrons. The van der Waals surface area contributed by atoms with Crippen LogP contribution in [0.15, 0.2) is 59.5 Å². The first-order chi connectivity index (χ1) is 10.2. The van der Waals surface area contributed by atoms with E-state index in [-0.39, 0.29) is 0 Å². The molecule has 0 atom stereocenters. The molecule has 0 fully saturated rings. The summed E-state index contributed by atoms with van der Waals surface area (Å²) in [6, 6.07) is 14.8. The van der Waals surface area contributed by atoms with Gasteiger partial charge in [0, 0.05) is 17.8 Å². The number of nitrogens with one attached hydrogen (secondary N) is 1. The van der Waals surface area contributed by atoms with E-state index in [1.807, 2.05) is 12.1 Å². The number of oxazole rings is 1. The predicted octanol–water partition coefficient (Wildman–Crippen LogP) is 4.57. The highest BCUT2D eigenvalue weighted by Crippen LogP contribution is 2.22. The van der Waals surface area contributed by atoms with Gasteiger partial charge in [0.25, 0.3) is 0 Å². The fourth-order valence-electron chi connectivity index (χ4n) is 2.52. The third-order valence-corrected chi connectivity index (χ3v) is 3.36. The maximum atomic E-state index is 5.33. The lowest BCUT2D eigenvalue weighted by Crippen LogP contribution is -2.00. The second-order valence-electron chi connectivity index (χ2n) is 5.30. The minimum absolute atomic E-state index is 0.782. The van der Waals surface area contributed by atoms with Gasteiger partial charge in [-0.15, -0.1) is 0 Å². The normalized spacial score (nSPS) is 10.6. The van der Waals surface area contributed by atoms with Crippen molar-refractivity contribution in [2.45, 2.75) is 20.4 Å². The van der Waals surface area contributed by atoms with Crippen molar-refractivity contribution in [1.82, 2.24) is 4.98 Å². The molecular formula is C18H18N2O. The average molecular weight is 278 g/mol. The number of aromatic nitrogens is 1. The lowest BCUT2D eigenvalue weighted by atomic mass is 10.1. The first-order valence-electron chi connectivity index (χ1n) is 7.01. The molecule has 0 aliphatic rings. The highest BCUT2D eigenvalue weighted by molar-refractivity contribution is 5.63. The van der Waals surface area contributed by atoms with Gasteiger partial charge in [-0.1, -0.05) is 41.5 Å². The number of anilines is 1. The second kappa shape index (κ2) is 5.83. The molecule has 0 aliphatic heterocycles. The summed E-state index contributed by atoms with van der Waals surface area (Å²) in [7, 11) is 0. The van der Waals surface area contributed by atoms with E-state index in [1.165, 1.54) is 23.1 Å². The smallest absolute Gasteiger partial charge is 0.181 e. The van der Waals surface area contributed by atoms with Crippen LogP contribution in [-0.4, -0.2) is 4.98 Å². The number of rotatable bonds is 4. The maximum absolute atomic E-state index is 5.33. The third-order valence-electron chi connectivity index (χ3n) is 3.36. The van der Waals surface area contributed by atoms with Crippen molar-refractivity contribution in [1.29, 1.82) is 0 Å². The van der Waals surface area contributed by atoms with Crippen molar-refractivity contribution in [3.8, 4) is 11.3 Å². The number of nitrogens with zero attached hydrogens (tertiary/aromatic N) is 1. The minimum atomic E-state index is 0.782. The lowest BCUT2D eigenvalue weighted by molar-refractivity contribution is 0.572. The standard InChI is InChI=1S/C18H18N2O/c1-13-6-14(2)8-15(7-13)10-20-17-5-3-4-16(9-17)18-11-19-12-21-18/h3-9,11-12,20H,10H2,1-2H3. The summed E-state index contributed by atoms with van der Waals surface area (Å²) in [5.74, 6) is 0.782. The van der Waals surface area contributed by atoms with Crippen LogP contribution in [0.3, 0.4) is 0 Å². The third kappa shape index (κ3) is 3.31. The molecule has 0 saturated carbocycles. The van der Waals surface area contributed by atoms with Gasteiger partial charge >= 0.3 is 0 Å². The molecule has 21 heavy (non-hydrogen) atoms. The first-order valence-corrected chi connectivity index (χ1v) is 7.01. The van der Waals surface area contributed by atoms with E-state index in [1.54, 1.807) is 6.20 Å². The fourth-order valence-corrected chi connectivity index (χ4v) is 2.52. The summed E-state index contributed by atoms with van der Waals surface area (Å²) in [6.07, 6.45) is 3.17. The average Bonchev–Trinajstić information content (AvgIpc) is 2.99. The summed E-state index contributed by atoms with van der Waals surface area (Å²) < 4.78 is 5.33. The summed E-state index contributed by atoms with van der Waals surface area (Å²) >= 11 is 0. The van der Waals surface area contributed by atoms with Crippen LogP contribution in [0.2, 0.25) is 0 Å². The van der Waals surface area contributed by atoms with Gasteiger partial charge in [-0.2, -0.15) is 0 Å². The number of benzene rings is 2. The van der Waals surface area contributed by atoms with Crippen LogP contribution in [0, 0.1) is 13.8 Å². The molecule has 3 nitrogen and oxygen atoms in total. The van der Waals surface area contributed by atoms with Crippen molar-refractivity contribution >= 4 is 5.69 Å². The Hall–Kier alpha value is -2.55. The van der Waals surface area contributed by atoms with E-state index in [4.69, 9.17) is 4.42 Å². The van der Waals surface area contributed by atoms with Crippen molar-refractivity contribution in [3.63, 3.8) is 0 Å². The van der Waals surface area contributed by atoms with Gasteiger partial charge < -0.3 is 9.73 Å². The summed E-state index contributed by atoms with van der Waals surface area (Å²) in [5, 5.41) is 3.46. The number of aryl methyl sites for hydroxylation is 2. The Kier molecular flexibility index (Phi) is 3.73. The zero-order valence-corrected chi connectivity index (χ0v) is 12.3. The van der Waals surface area contributed by atoms with E-state index in [0.29, 0.717) is 0 Å². The molecule has 0 amide bonds. The zero-order valence-electron chi connectivity index (χ0n) is 12.3. The van der Waals surface area contributed by atoms with Crippen LogP contribution in [-0.2, 0) is 6.54 Å². The molecule has 0 bridgehead atoms. The van der Waals surface area contributed by atoms with Crippen molar-refractivity contribution in [2.24, 2.45) is 0 Å². The maximum Gasteiger partial charge on any atom is 0.181 e. The van der Waals surface area contributed by atoms with E-state index < -0.39 is 0 Å². The van der Waals surface area contributed by atoms with Crippen LogP contribution in [0.4, 0.5) is 5.69 Å². The molecule has 0 aliphatic carbocycles. The molecule has 3 aromatic rings. The van der Waals surface area contributed by atoms with E-state index in [9.17, 15) is 0 Å². The van der Waals surface area contributed by atoms with Crippen molar-refractivity contribution < 1.29 is 4.42 Å². The molecule has 0 unspecified atom stereocenters. The van der Waals surface area contributed by atoms with Crippen LogP contribution < -0.4 is 5.32 Å². The minimum Gasteiger partial charge on any atom is -0.444 e. The second-order valence-corrected chi connectivity index (χ2v) is 5.30. The van der Waals surface area contributed by atoms with E-state index >= 15 is 0 Å². The Labute approximate surface area is 124 Å². The largest absolute Gasteiger partial charge is 0.444 e. The molecule has 0 spiro atoms. The monoisotopic (exact) mass is 278 g/mol. The van der Waals surface area contributed by atoms with E-state index in [2.05, 4.69) is 54.5 Å². The van der Waals surface area contributed by atoms with Crippen LogP contribution in [0.1, 0.15) is 16.7 Å². The topological polar surface area (TPSA) is 38.1 Å². The predicted molar refractivity (Wildman–Crippen MR) is 85.2 cm³/mol. The highest BCUT2D eigenvalue weighted by Gasteiger charge is 2.02. The molecular weight excluding hydrogens is 260 g/mol. The molecule has 1 N–H and O–H groups in total. The number of hydrogen-bond acceptors (Lipinski definition) is 3. The lowest BCUT2D eigenvalue weighted by Gasteiger charge is -2.09. The Morgan fingerprint density at radius 3 is 2.57 bits per heavy atom. The Morgan fingerprint density at radius 1 is 1.05 bits per heavy atom. The van der Waals surface area contributed by atoms with Gasteiger partial charge in [-0.3, -0.25) is 0 Å². The SMILES string of the molecule is Cc1cc(C)cc(CNc2cccc(-c3cnco3)c2)c1. The molecule has 106 valence electrons. The van der Waals surface area contributed by atoms with Gasteiger partial charge in [0.05, 0.1) is 6.20 Å². The molecule has 3 heteroatoms. The molecule has 1 aromatic heterocycles. The quantitative estimate of drug-likeness (QED) is 0.759. The van der Waals surface area contributed by atoms with Gasteiger partial charge in [0.1, 0.15) is 0 Å². The van der Waals surface area contributed by atoms with Crippen LogP contribution in [0.25, 0.3) is 11.3 Å². The van der Waals surface area contributed by atoms with E-state index in [0.717, 1.165) is 23.6 Å².